The molecule has 2 fully saturated rings. The molecule has 0 unspecified atom stereocenters. The maximum atomic E-state index is 13.6. The van der Waals surface area contributed by atoms with Crippen molar-refractivity contribution < 1.29 is 15.3 Å². The molecule has 0 amide bonds. The van der Waals surface area contributed by atoms with Crippen LogP contribution in [-0.4, -0.2) is 91.2 Å². The topological polar surface area (TPSA) is 151 Å². The summed E-state index contributed by atoms with van der Waals surface area (Å²) in [4.78, 5) is 35.0. The van der Waals surface area contributed by atoms with Gasteiger partial charge in [0.2, 0.25) is 5.95 Å². The Kier molecular flexibility index (Phi) is 7.60. The molecule has 13 heteroatoms. The minimum atomic E-state index is -1.10. The number of hydrogen-bond donors (Lipinski definition) is 5. The highest BCUT2D eigenvalue weighted by Crippen LogP contribution is 2.35. The van der Waals surface area contributed by atoms with E-state index in [1.807, 2.05) is 35.8 Å². The van der Waals surface area contributed by atoms with Crippen LogP contribution in [0.2, 0.25) is 0 Å². The van der Waals surface area contributed by atoms with Crippen LogP contribution < -0.4 is 15.8 Å². The van der Waals surface area contributed by atoms with E-state index in [0.717, 1.165) is 47.8 Å². The average Bonchev–Trinajstić information content (AvgIpc) is 3.61. The highest BCUT2D eigenvalue weighted by molar-refractivity contribution is 7.21. The van der Waals surface area contributed by atoms with Gasteiger partial charge in [0.25, 0.3) is 5.56 Å². The van der Waals surface area contributed by atoms with Crippen molar-refractivity contribution in [2.24, 2.45) is 5.92 Å². The van der Waals surface area contributed by atoms with Crippen LogP contribution in [-0.2, 0) is 6.54 Å². The van der Waals surface area contributed by atoms with E-state index in [4.69, 9.17) is 4.98 Å². The Morgan fingerprint density at radius 3 is 2.74 bits per heavy atom. The summed E-state index contributed by atoms with van der Waals surface area (Å²) in [6, 6.07) is 7.11. The van der Waals surface area contributed by atoms with Crippen LogP contribution in [0, 0.1) is 5.92 Å². The third kappa shape index (κ3) is 5.42. The van der Waals surface area contributed by atoms with Crippen LogP contribution in [0.15, 0.2) is 40.6 Å². The molecule has 5 N–H and O–H groups in total. The first-order valence-corrected chi connectivity index (χ1v) is 14.8. The molecular formula is C26H31N7O4S2. The Morgan fingerprint density at radius 2 is 1.97 bits per heavy atom. The lowest BCUT2D eigenvalue weighted by Crippen LogP contribution is -2.37. The van der Waals surface area contributed by atoms with Gasteiger partial charge < -0.3 is 25.5 Å². The van der Waals surface area contributed by atoms with Crippen molar-refractivity contribution in [3.63, 3.8) is 0 Å². The number of benzene rings is 1. The number of aromatic amines is 1. The molecule has 39 heavy (non-hydrogen) atoms. The Balaban J connectivity index is 1.32. The second kappa shape index (κ2) is 11.3. The number of para-hydroxylation sites is 1. The molecule has 1 aromatic carbocycles. The highest BCUT2D eigenvalue weighted by Gasteiger charge is 2.41. The molecule has 4 aromatic rings. The van der Waals surface area contributed by atoms with Gasteiger partial charge in [0.1, 0.15) is 27.5 Å². The van der Waals surface area contributed by atoms with E-state index >= 15 is 0 Å². The minimum Gasteiger partial charge on any atom is -0.396 e. The lowest BCUT2D eigenvalue weighted by molar-refractivity contribution is 0.00446. The molecule has 3 aromatic heterocycles. The molecular weight excluding hydrogens is 538 g/mol. The molecule has 11 nitrogen and oxygen atoms in total. The van der Waals surface area contributed by atoms with Crippen molar-refractivity contribution >= 4 is 44.7 Å². The van der Waals surface area contributed by atoms with Crippen LogP contribution in [0.1, 0.15) is 17.8 Å². The van der Waals surface area contributed by atoms with Gasteiger partial charge in [0, 0.05) is 50.3 Å². The van der Waals surface area contributed by atoms with E-state index < -0.39 is 24.2 Å². The third-order valence-electron chi connectivity index (χ3n) is 7.50. The second-order valence-corrected chi connectivity index (χ2v) is 12.1. The quantitative estimate of drug-likeness (QED) is 0.223. The predicted molar refractivity (Wildman–Crippen MR) is 152 cm³/mol. The molecule has 0 radical (unpaired) electrons. The van der Waals surface area contributed by atoms with Crippen molar-refractivity contribution in [1.29, 1.82) is 0 Å². The summed E-state index contributed by atoms with van der Waals surface area (Å²) in [5.74, 6) is 0.307. The number of nitrogens with zero attached hydrogens (tertiary/aromatic N) is 5. The zero-order valence-electron chi connectivity index (χ0n) is 21.2. The van der Waals surface area contributed by atoms with Gasteiger partial charge in [0.15, 0.2) is 0 Å². The summed E-state index contributed by atoms with van der Waals surface area (Å²) in [6.07, 6.45) is 0.908. The van der Waals surface area contributed by atoms with E-state index in [2.05, 4.69) is 30.1 Å². The van der Waals surface area contributed by atoms with Crippen molar-refractivity contribution in [2.75, 3.05) is 43.0 Å². The smallest absolute Gasteiger partial charge is 0.264 e. The SMILES string of the molecule is O=c1[nH]c(N2CCCN(Cc3nccs3)CC2)nc(N[C@@H]2C[C@H](CO)[C@@H](O)[C@H]2O)c1-c1nc2ccccc2s1. The standard InChI is InChI=1S/C26H31N7O4S2/c34-14-15-12-17(22(36)21(15)35)28-23-20(25-29-16-4-1-2-5-18(16)39-25)24(37)31-26(30-23)33-8-3-7-32(9-10-33)13-19-27-6-11-38-19/h1-2,4-6,11,15,17,21-22,34-36H,3,7-10,12-14H2,(H2,28,30,31,37)/t15-,17-,21-,22+/m1/s1. The van der Waals surface area contributed by atoms with Gasteiger partial charge in [-0.15, -0.1) is 22.7 Å². The first-order valence-electron chi connectivity index (χ1n) is 13.1. The summed E-state index contributed by atoms with van der Waals surface area (Å²) >= 11 is 3.05. The molecule has 206 valence electrons. The second-order valence-electron chi connectivity index (χ2n) is 10.1. The van der Waals surface area contributed by atoms with E-state index in [1.165, 1.54) is 11.3 Å². The Bertz CT molecular complexity index is 1440. The molecule has 4 atom stereocenters. The number of H-pyrrole nitrogens is 1. The van der Waals surface area contributed by atoms with Crippen LogP contribution in [0.3, 0.4) is 0 Å². The lowest BCUT2D eigenvalue weighted by atomic mass is 10.1. The molecule has 6 rings (SSSR count). The molecule has 0 spiro atoms. The van der Waals surface area contributed by atoms with E-state index in [0.29, 0.717) is 35.3 Å². The fourth-order valence-corrected chi connectivity index (χ4v) is 7.05. The molecule has 2 aliphatic rings. The van der Waals surface area contributed by atoms with Gasteiger partial charge in [-0.25, -0.2) is 9.97 Å². The average molecular weight is 570 g/mol. The van der Waals surface area contributed by atoms with E-state index in [9.17, 15) is 20.1 Å². The predicted octanol–water partition coefficient (Wildman–Crippen LogP) is 1.73. The molecule has 1 aliphatic carbocycles. The summed E-state index contributed by atoms with van der Waals surface area (Å²) in [7, 11) is 0. The first-order chi connectivity index (χ1) is 19.0. The Labute approximate surface area is 232 Å². The molecule has 4 heterocycles. The fourth-order valence-electron chi connectivity index (χ4n) is 5.38. The fraction of sp³-hybridized carbons (Fsp3) is 0.462. The van der Waals surface area contributed by atoms with Gasteiger partial charge in [0.05, 0.1) is 28.9 Å². The van der Waals surface area contributed by atoms with Gasteiger partial charge in [-0.2, -0.15) is 4.98 Å². The molecule has 0 bridgehead atoms. The Morgan fingerprint density at radius 1 is 1.10 bits per heavy atom. The van der Waals surface area contributed by atoms with Crippen molar-refractivity contribution in [3.05, 3.63) is 51.2 Å². The number of anilines is 2. The highest BCUT2D eigenvalue weighted by atomic mass is 32.1. The summed E-state index contributed by atoms with van der Waals surface area (Å²) in [5, 5.41) is 37.5. The van der Waals surface area contributed by atoms with Crippen molar-refractivity contribution in [1.82, 2.24) is 24.8 Å². The first kappa shape index (κ1) is 26.3. The maximum absolute atomic E-state index is 13.6. The molecule has 1 aliphatic heterocycles. The molecule has 1 saturated carbocycles. The van der Waals surface area contributed by atoms with Crippen LogP contribution >= 0.6 is 22.7 Å². The van der Waals surface area contributed by atoms with Crippen LogP contribution in [0.5, 0.6) is 0 Å². The number of aliphatic hydroxyl groups is 3. The number of hydrogen-bond acceptors (Lipinski definition) is 12. The number of fused-ring (bicyclic) bond motifs is 1. The van der Waals surface area contributed by atoms with Crippen LogP contribution in [0.25, 0.3) is 20.8 Å². The van der Waals surface area contributed by atoms with E-state index in [1.54, 1.807) is 11.3 Å². The van der Waals surface area contributed by atoms with E-state index in [-0.39, 0.29) is 12.2 Å². The third-order valence-corrected chi connectivity index (χ3v) is 9.32. The van der Waals surface area contributed by atoms with Gasteiger partial charge >= 0.3 is 0 Å². The Hall–Kier alpha value is -2.94. The largest absolute Gasteiger partial charge is 0.396 e. The number of nitrogens with one attached hydrogen (secondary N) is 2. The van der Waals surface area contributed by atoms with Crippen LogP contribution in [0.4, 0.5) is 11.8 Å². The zero-order chi connectivity index (χ0) is 26.9. The zero-order valence-corrected chi connectivity index (χ0v) is 22.9. The summed E-state index contributed by atoms with van der Waals surface area (Å²) in [6.45, 7) is 3.70. The maximum Gasteiger partial charge on any atom is 0.264 e. The summed E-state index contributed by atoms with van der Waals surface area (Å²) in [5.41, 5.74) is 0.767. The lowest BCUT2D eigenvalue weighted by Gasteiger charge is -2.24. The number of aromatic nitrogens is 4. The summed E-state index contributed by atoms with van der Waals surface area (Å²) < 4.78 is 0.950. The van der Waals surface area contributed by atoms with Crippen molar-refractivity contribution in [3.8, 4) is 10.6 Å². The van der Waals surface area contributed by atoms with Gasteiger partial charge in [-0.05, 0) is 25.0 Å². The monoisotopic (exact) mass is 569 g/mol. The molecule has 1 saturated heterocycles. The van der Waals surface area contributed by atoms with Crippen molar-refractivity contribution in [2.45, 2.75) is 37.6 Å². The number of thiazole rings is 2. The number of rotatable bonds is 7. The van der Waals surface area contributed by atoms with Gasteiger partial charge in [-0.1, -0.05) is 12.1 Å². The number of aliphatic hydroxyl groups excluding tert-OH is 3. The minimum absolute atomic E-state index is 0.236. The van der Waals surface area contributed by atoms with Gasteiger partial charge in [-0.3, -0.25) is 14.7 Å². The normalized spacial score (nSPS) is 24.3.